The molecular formula is C16H13F3N2O2. The van der Waals surface area contributed by atoms with E-state index in [1.165, 1.54) is 17.0 Å². The Morgan fingerprint density at radius 2 is 1.78 bits per heavy atom. The molecule has 1 amide bonds. The molecule has 2 aromatic rings. The Morgan fingerprint density at radius 1 is 1.13 bits per heavy atom. The summed E-state index contributed by atoms with van der Waals surface area (Å²) in [6.07, 6.45) is -4.37. The fraction of sp³-hybridized carbons (Fsp3) is 0.312. The third-order valence-corrected chi connectivity index (χ3v) is 3.83. The zero-order valence-corrected chi connectivity index (χ0v) is 12.1. The predicted octanol–water partition coefficient (Wildman–Crippen LogP) is 3.06. The molecule has 120 valence electrons. The number of fused-ring (bicyclic) bond motifs is 1. The van der Waals surface area contributed by atoms with Crippen molar-refractivity contribution in [2.75, 3.05) is 13.1 Å². The molecule has 23 heavy (non-hydrogen) atoms. The molecule has 0 N–H and O–H groups in total. The maximum atomic E-state index is 13.3. The van der Waals surface area contributed by atoms with E-state index < -0.39 is 23.3 Å². The van der Waals surface area contributed by atoms with Gasteiger partial charge in [0, 0.05) is 31.3 Å². The van der Waals surface area contributed by atoms with Crippen LogP contribution >= 0.6 is 0 Å². The van der Waals surface area contributed by atoms with Crippen LogP contribution in [-0.2, 0) is 11.0 Å². The van der Waals surface area contributed by atoms with Crippen LogP contribution in [0.1, 0.15) is 28.9 Å². The summed E-state index contributed by atoms with van der Waals surface area (Å²) in [7, 11) is 0. The lowest BCUT2D eigenvalue weighted by atomic mass is 10.0. The van der Waals surface area contributed by atoms with Crippen LogP contribution in [0.5, 0.6) is 0 Å². The van der Waals surface area contributed by atoms with Gasteiger partial charge in [0.15, 0.2) is 5.69 Å². The Labute approximate surface area is 129 Å². The highest BCUT2D eigenvalue weighted by Crippen LogP contribution is 2.33. The Kier molecular flexibility index (Phi) is 3.79. The van der Waals surface area contributed by atoms with Crippen molar-refractivity contribution in [1.82, 2.24) is 9.88 Å². The van der Waals surface area contributed by atoms with Crippen LogP contribution in [0.15, 0.2) is 30.3 Å². The minimum atomic E-state index is -4.72. The van der Waals surface area contributed by atoms with Crippen LogP contribution in [-0.4, -0.2) is 34.7 Å². The van der Waals surface area contributed by atoms with Gasteiger partial charge in [-0.2, -0.15) is 13.2 Å². The van der Waals surface area contributed by atoms with E-state index in [-0.39, 0.29) is 37.2 Å². The van der Waals surface area contributed by atoms with Crippen molar-refractivity contribution >= 4 is 22.6 Å². The summed E-state index contributed by atoms with van der Waals surface area (Å²) in [5.74, 6) is -0.718. The number of hydrogen-bond acceptors (Lipinski definition) is 3. The molecule has 1 aliphatic heterocycles. The molecule has 4 nitrogen and oxygen atoms in total. The van der Waals surface area contributed by atoms with Crippen molar-refractivity contribution in [3.63, 3.8) is 0 Å². The minimum absolute atomic E-state index is 0.0155. The number of likely N-dealkylation sites (tertiary alicyclic amines) is 1. The SMILES string of the molecule is O=C1CCN(C(=O)c2cc3ccccc3nc2C(F)(F)F)CC1. The van der Waals surface area contributed by atoms with Crippen LogP contribution < -0.4 is 0 Å². The van der Waals surface area contributed by atoms with Crippen molar-refractivity contribution in [1.29, 1.82) is 0 Å². The van der Waals surface area contributed by atoms with E-state index in [9.17, 15) is 22.8 Å². The molecule has 0 bridgehead atoms. The van der Waals surface area contributed by atoms with E-state index in [1.807, 2.05) is 0 Å². The zero-order valence-electron chi connectivity index (χ0n) is 12.1. The normalized spacial score (nSPS) is 16.0. The lowest BCUT2D eigenvalue weighted by Gasteiger charge is -2.27. The molecular weight excluding hydrogens is 309 g/mol. The summed E-state index contributed by atoms with van der Waals surface area (Å²) in [4.78, 5) is 28.6. The lowest BCUT2D eigenvalue weighted by Crippen LogP contribution is -2.39. The topological polar surface area (TPSA) is 50.3 Å². The summed E-state index contributed by atoms with van der Waals surface area (Å²) in [5, 5.41) is 0.469. The molecule has 7 heteroatoms. The molecule has 1 aromatic carbocycles. The highest BCUT2D eigenvalue weighted by atomic mass is 19.4. The molecule has 3 rings (SSSR count). The third-order valence-electron chi connectivity index (χ3n) is 3.83. The van der Waals surface area contributed by atoms with Gasteiger partial charge >= 0.3 is 6.18 Å². The van der Waals surface area contributed by atoms with E-state index in [0.717, 1.165) is 0 Å². The molecule has 0 radical (unpaired) electrons. The number of carbonyl (C=O) groups is 2. The standard InChI is InChI=1S/C16H13F3N2O2/c17-16(18,19)14-12(9-10-3-1-2-4-13(10)20-14)15(23)21-7-5-11(22)6-8-21/h1-4,9H,5-8H2. The number of Topliss-reactive ketones (excluding diaryl/α,β-unsaturated/α-hetero) is 1. The second-order valence-corrected chi connectivity index (χ2v) is 5.41. The molecule has 2 heterocycles. The number of amides is 1. The van der Waals surface area contributed by atoms with Gasteiger partial charge in [-0.1, -0.05) is 18.2 Å². The molecule has 0 saturated carbocycles. The summed E-state index contributed by atoms with van der Waals surface area (Å²) < 4.78 is 39.8. The summed E-state index contributed by atoms with van der Waals surface area (Å²) in [5.41, 5.74) is -1.46. The van der Waals surface area contributed by atoms with Crippen molar-refractivity contribution in [3.05, 3.63) is 41.6 Å². The first-order valence-electron chi connectivity index (χ1n) is 7.14. The zero-order chi connectivity index (χ0) is 16.6. The number of hydrogen-bond donors (Lipinski definition) is 0. The monoisotopic (exact) mass is 322 g/mol. The second kappa shape index (κ2) is 5.64. The van der Waals surface area contributed by atoms with E-state index in [0.29, 0.717) is 5.39 Å². The van der Waals surface area contributed by atoms with Crippen molar-refractivity contribution < 1.29 is 22.8 Å². The van der Waals surface area contributed by atoms with Crippen LogP contribution in [0.2, 0.25) is 0 Å². The lowest BCUT2D eigenvalue weighted by molar-refractivity contribution is -0.141. The smallest absolute Gasteiger partial charge is 0.338 e. The maximum Gasteiger partial charge on any atom is 0.434 e. The van der Waals surface area contributed by atoms with Crippen molar-refractivity contribution in [2.45, 2.75) is 19.0 Å². The van der Waals surface area contributed by atoms with Gasteiger partial charge in [-0.25, -0.2) is 4.98 Å². The fourth-order valence-corrected chi connectivity index (χ4v) is 2.62. The number of piperidine rings is 1. The van der Waals surface area contributed by atoms with Gasteiger partial charge in [0.25, 0.3) is 5.91 Å². The number of pyridine rings is 1. The van der Waals surface area contributed by atoms with Crippen LogP contribution in [0, 0.1) is 0 Å². The van der Waals surface area contributed by atoms with Gasteiger partial charge in [-0.05, 0) is 12.1 Å². The highest BCUT2D eigenvalue weighted by molar-refractivity contribution is 5.99. The number of para-hydroxylation sites is 1. The molecule has 0 atom stereocenters. The van der Waals surface area contributed by atoms with Gasteiger partial charge in [0.1, 0.15) is 5.78 Å². The predicted molar refractivity (Wildman–Crippen MR) is 76.9 cm³/mol. The van der Waals surface area contributed by atoms with E-state index in [1.54, 1.807) is 18.2 Å². The molecule has 1 aromatic heterocycles. The maximum absolute atomic E-state index is 13.3. The molecule has 0 spiro atoms. The Hall–Kier alpha value is -2.44. The van der Waals surface area contributed by atoms with Crippen LogP contribution in [0.3, 0.4) is 0 Å². The van der Waals surface area contributed by atoms with Gasteiger partial charge < -0.3 is 4.90 Å². The summed E-state index contributed by atoms with van der Waals surface area (Å²) >= 11 is 0. The second-order valence-electron chi connectivity index (χ2n) is 5.41. The van der Waals surface area contributed by atoms with Gasteiger partial charge in [-0.3, -0.25) is 9.59 Å². The van der Waals surface area contributed by atoms with E-state index in [2.05, 4.69) is 4.98 Å². The van der Waals surface area contributed by atoms with Crippen LogP contribution in [0.4, 0.5) is 13.2 Å². The average molecular weight is 322 g/mol. The van der Waals surface area contributed by atoms with Gasteiger partial charge in [-0.15, -0.1) is 0 Å². The first-order valence-corrected chi connectivity index (χ1v) is 7.14. The van der Waals surface area contributed by atoms with E-state index in [4.69, 9.17) is 0 Å². The molecule has 0 unspecified atom stereocenters. The number of carbonyl (C=O) groups excluding carboxylic acids is 2. The largest absolute Gasteiger partial charge is 0.434 e. The first-order chi connectivity index (χ1) is 10.9. The number of rotatable bonds is 1. The minimum Gasteiger partial charge on any atom is -0.338 e. The molecule has 1 fully saturated rings. The number of halogens is 3. The Morgan fingerprint density at radius 3 is 2.43 bits per heavy atom. The van der Waals surface area contributed by atoms with E-state index >= 15 is 0 Å². The highest BCUT2D eigenvalue weighted by Gasteiger charge is 2.39. The van der Waals surface area contributed by atoms with Gasteiger partial charge in [0.05, 0.1) is 11.1 Å². The fourth-order valence-electron chi connectivity index (χ4n) is 2.62. The summed E-state index contributed by atoms with van der Waals surface area (Å²) in [6.45, 7) is 0.281. The average Bonchev–Trinajstić information content (AvgIpc) is 2.53. The van der Waals surface area contributed by atoms with Crippen LogP contribution in [0.25, 0.3) is 10.9 Å². The van der Waals surface area contributed by atoms with Crippen molar-refractivity contribution in [2.24, 2.45) is 0 Å². The molecule has 1 aliphatic rings. The summed E-state index contributed by atoms with van der Waals surface area (Å²) in [6, 6.07) is 7.57. The third kappa shape index (κ3) is 3.04. The quantitative estimate of drug-likeness (QED) is 0.811. The number of benzene rings is 1. The Balaban J connectivity index is 2.07. The molecule has 1 saturated heterocycles. The molecule has 0 aliphatic carbocycles. The first kappa shape index (κ1) is 15.5. The Bertz CT molecular complexity index is 776. The number of nitrogens with zero attached hydrogens (tertiary/aromatic N) is 2. The van der Waals surface area contributed by atoms with Gasteiger partial charge in [0.2, 0.25) is 0 Å². The number of alkyl halides is 3. The van der Waals surface area contributed by atoms with Crippen molar-refractivity contribution in [3.8, 4) is 0 Å². The number of ketones is 1. The number of aromatic nitrogens is 1.